The molecule has 2 aromatic rings. The van der Waals surface area contributed by atoms with Crippen molar-refractivity contribution in [3.05, 3.63) is 65.5 Å². The summed E-state index contributed by atoms with van der Waals surface area (Å²) < 4.78 is 23.6. The molecule has 5 heteroatoms. The van der Waals surface area contributed by atoms with Crippen molar-refractivity contribution in [3.8, 4) is 11.5 Å². The van der Waals surface area contributed by atoms with E-state index >= 15 is 0 Å². The van der Waals surface area contributed by atoms with Gasteiger partial charge in [-0.1, -0.05) is 18.2 Å². The standard InChI is InChI=1S/C18H16FNO3/c19-15-3-1-2-13(10-15)8-9-20-18(21)7-5-14-4-6-16-17(11-14)23-12-22-16/h1-7,10-11H,8-9,12H2,(H,20,21). The fraction of sp³-hybridized carbons (Fsp3) is 0.167. The van der Waals surface area contributed by atoms with Gasteiger partial charge >= 0.3 is 0 Å². The maximum Gasteiger partial charge on any atom is 0.244 e. The second kappa shape index (κ2) is 6.96. The Kier molecular flexibility index (Phi) is 4.57. The first-order valence-corrected chi connectivity index (χ1v) is 7.31. The molecule has 1 heterocycles. The van der Waals surface area contributed by atoms with Crippen molar-refractivity contribution in [2.45, 2.75) is 6.42 Å². The predicted octanol–water partition coefficient (Wildman–Crippen LogP) is 2.93. The average Bonchev–Trinajstić information content (AvgIpc) is 3.00. The summed E-state index contributed by atoms with van der Waals surface area (Å²) in [5.74, 6) is 0.927. The Balaban J connectivity index is 1.49. The number of carbonyl (C=O) groups is 1. The molecule has 0 aliphatic carbocycles. The summed E-state index contributed by atoms with van der Waals surface area (Å²) in [5, 5.41) is 2.77. The molecule has 0 unspecified atom stereocenters. The van der Waals surface area contributed by atoms with Gasteiger partial charge in [0.15, 0.2) is 11.5 Å². The number of fused-ring (bicyclic) bond motifs is 1. The summed E-state index contributed by atoms with van der Waals surface area (Å²) in [6.45, 7) is 0.677. The molecule has 0 aromatic heterocycles. The SMILES string of the molecule is O=C(C=Cc1ccc2c(c1)OCO2)NCCc1cccc(F)c1. The highest BCUT2D eigenvalue weighted by atomic mass is 19.1. The van der Waals surface area contributed by atoms with Crippen molar-refractivity contribution in [3.63, 3.8) is 0 Å². The normalized spacial score (nSPS) is 12.6. The van der Waals surface area contributed by atoms with Gasteiger partial charge in [0.1, 0.15) is 5.82 Å². The van der Waals surface area contributed by atoms with Gasteiger partial charge in [0.25, 0.3) is 0 Å². The molecule has 1 aliphatic rings. The summed E-state index contributed by atoms with van der Waals surface area (Å²) in [7, 11) is 0. The van der Waals surface area contributed by atoms with Crippen LogP contribution in [0.4, 0.5) is 4.39 Å². The van der Waals surface area contributed by atoms with Crippen molar-refractivity contribution >= 4 is 12.0 Å². The van der Waals surface area contributed by atoms with E-state index in [-0.39, 0.29) is 18.5 Å². The number of halogens is 1. The van der Waals surface area contributed by atoms with E-state index in [9.17, 15) is 9.18 Å². The van der Waals surface area contributed by atoms with Crippen LogP contribution in [0.15, 0.2) is 48.5 Å². The van der Waals surface area contributed by atoms with Gasteiger partial charge in [0.2, 0.25) is 12.7 Å². The third-order valence-corrected chi connectivity index (χ3v) is 3.43. The van der Waals surface area contributed by atoms with Gasteiger partial charge in [-0.2, -0.15) is 0 Å². The van der Waals surface area contributed by atoms with Crippen LogP contribution in [0.2, 0.25) is 0 Å². The van der Waals surface area contributed by atoms with Gasteiger partial charge in [-0.05, 0) is 47.9 Å². The van der Waals surface area contributed by atoms with Gasteiger partial charge in [-0.25, -0.2) is 4.39 Å². The van der Waals surface area contributed by atoms with Gasteiger partial charge < -0.3 is 14.8 Å². The molecule has 0 radical (unpaired) electrons. The molecular formula is C18H16FNO3. The lowest BCUT2D eigenvalue weighted by Gasteiger charge is -2.03. The number of amides is 1. The summed E-state index contributed by atoms with van der Waals surface area (Å²) in [6, 6.07) is 11.8. The minimum atomic E-state index is -0.267. The number of benzene rings is 2. The molecule has 0 atom stereocenters. The Hall–Kier alpha value is -2.82. The molecule has 1 amide bonds. The van der Waals surface area contributed by atoms with Crippen LogP contribution in [0.1, 0.15) is 11.1 Å². The van der Waals surface area contributed by atoms with E-state index in [1.165, 1.54) is 18.2 Å². The number of ether oxygens (including phenoxy) is 2. The molecular weight excluding hydrogens is 297 g/mol. The van der Waals surface area contributed by atoms with Crippen LogP contribution < -0.4 is 14.8 Å². The lowest BCUT2D eigenvalue weighted by Crippen LogP contribution is -2.23. The third kappa shape index (κ3) is 4.10. The van der Waals surface area contributed by atoms with E-state index in [1.54, 1.807) is 12.1 Å². The van der Waals surface area contributed by atoms with Crippen molar-refractivity contribution < 1.29 is 18.7 Å². The van der Waals surface area contributed by atoms with E-state index in [0.717, 1.165) is 11.1 Å². The Labute approximate surface area is 133 Å². The van der Waals surface area contributed by atoms with Gasteiger partial charge in [-0.15, -0.1) is 0 Å². The van der Waals surface area contributed by atoms with Gasteiger partial charge in [0.05, 0.1) is 0 Å². The second-order valence-corrected chi connectivity index (χ2v) is 5.12. The van der Waals surface area contributed by atoms with Crippen molar-refractivity contribution in [2.24, 2.45) is 0 Å². The van der Waals surface area contributed by atoms with Crippen LogP contribution >= 0.6 is 0 Å². The predicted molar refractivity (Wildman–Crippen MR) is 84.7 cm³/mol. The lowest BCUT2D eigenvalue weighted by atomic mass is 10.1. The number of hydrogen-bond acceptors (Lipinski definition) is 3. The summed E-state index contributed by atoms with van der Waals surface area (Å²) in [5.41, 5.74) is 1.71. The molecule has 1 N–H and O–H groups in total. The molecule has 3 rings (SSSR count). The maximum absolute atomic E-state index is 13.0. The monoisotopic (exact) mass is 313 g/mol. The van der Waals surface area contributed by atoms with E-state index in [2.05, 4.69) is 5.32 Å². The minimum absolute atomic E-state index is 0.195. The molecule has 2 aromatic carbocycles. The lowest BCUT2D eigenvalue weighted by molar-refractivity contribution is -0.116. The number of carbonyl (C=O) groups excluding carboxylic acids is 1. The number of nitrogens with one attached hydrogen (secondary N) is 1. The molecule has 0 fully saturated rings. The molecule has 118 valence electrons. The second-order valence-electron chi connectivity index (χ2n) is 5.12. The number of rotatable bonds is 5. The highest BCUT2D eigenvalue weighted by Gasteiger charge is 2.12. The largest absolute Gasteiger partial charge is 0.454 e. The first kappa shape index (κ1) is 15.1. The topological polar surface area (TPSA) is 47.6 Å². The first-order valence-electron chi connectivity index (χ1n) is 7.31. The molecule has 1 aliphatic heterocycles. The molecule has 0 saturated carbocycles. The Morgan fingerprint density at radius 2 is 2.04 bits per heavy atom. The van der Waals surface area contributed by atoms with Crippen molar-refractivity contribution in [1.29, 1.82) is 0 Å². The quantitative estimate of drug-likeness (QED) is 0.863. The van der Waals surface area contributed by atoms with E-state index in [1.807, 2.05) is 24.3 Å². The highest BCUT2D eigenvalue weighted by Crippen LogP contribution is 2.32. The zero-order chi connectivity index (χ0) is 16.1. The van der Waals surface area contributed by atoms with Crippen LogP contribution in [0.25, 0.3) is 6.08 Å². The first-order chi connectivity index (χ1) is 11.2. The van der Waals surface area contributed by atoms with Crippen LogP contribution in [-0.4, -0.2) is 19.2 Å². The Morgan fingerprint density at radius 3 is 2.91 bits per heavy atom. The van der Waals surface area contributed by atoms with E-state index < -0.39 is 0 Å². The maximum atomic E-state index is 13.0. The summed E-state index contributed by atoms with van der Waals surface area (Å²) in [6.07, 6.45) is 3.75. The van der Waals surface area contributed by atoms with Crippen molar-refractivity contribution in [1.82, 2.24) is 5.32 Å². The Morgan fingerprint density at radius 1 is 1.17 bits per heavy atom. The molecule has 0 bridgehead atoms. The average molecular weight is 313 g/mol. The molecule has 0 spiro atoms. The van der Waals surface area contributed by atoms with Gasteiger partial charge in [-0.3, -0.25) is 4.79 Å². The summed E-state index contributed by atoms with van der Waals surface area (Å²) >= 11 is 0. The smallest absolute Gasteiger partial charge is 0.244 e. The summed E-state index contributed by atoms with van der Waals surface area (Å²) in [4.78, 5) is 11.8. The minimum Gasteiger partial charge on any atom is -0.454 e. The fourth-order valence-corrected chi connectivity index (χ4v) is 2.27. The zero-order valence-corrected chi connectivity index (χ0v) is 12.4. The van der Waals surface area contributed by atoms with Gasteiger partial charge in [0, 0.05) is 12.6 Å². The van der Waals surface area contributed by atoms with Crippen LogP contribution in [0.5, 0.6) is 11.5 Å². The van der Waals surface area contributed by atoms with Crippen molar-refractivity contribution in [2.75, 3.05) is 13.3 Å². The fourth-order valence-electron chi connectivity index (χ4n) is 2.27. The Bertz CT molecular complexity index is 743. The molecule has 4 nitrogen and oxygen atoms in total. The molecule has 0 saturated heterocycles. The van der Waals surface area contributed by atoms with Crippen LogP contribution in [0.3, 0.4) is 0 Å². The molecule has 23 heavy (non-hydrogen) atoms. The third-order valence-electron chi connectivity index (χ3n) is 3.43. The number of hydrogen-bond donors (Lipinski definition) is 1. The van der Waals surface area contributed by atoms with Crippen LogP contribution in [0, 0.1) is 5.82 Å². The van der Waals surface area contributed by atoms with E-state index in [0.29, 0.717) is 24.5 Å². The highest BCUT2D eigenvalue weighted by molar-refractivity contribution is 5.91. The van der Waals surface area contributed by atoms with E-state index in [4.69, 9.17) is 9.47 Å². The zero-order valence-electron chi connectivity index (χ0n) is 12.4. The van der Waals surface area contributed by atoms with Crippen LogP contribution in [-0.2, 0) is 11.2 Å².